The van der Waals surface area contributed by atoms with Crippen molar-refractivity contribution in [3.63, 3.8) is 0 Å². The summed E-state index contributed by atoms with van der Waals surface area (Å²) in [4.78, 5) is 22.2. The topological polar surface area (TPSA) is 66.4 Å². The first-order valence-corrected chi connectivity index (χ1v) is 5.94. The van der Waals surface area contributed by atoms with E-state index in [1.807, 2.05) is 0 Å². The van der Waals surface area contributed by atoms with Gasteiger partial charge in [0.15, 0.2) is 0 Å². The number of thiophene rings is 1. The molecule has 1 unspecified atom stereocenters. The number of hydrogen-bond acceptors (Lipinski definition) is 3. The summed E-state index contributed by atoms with van der Waals surface area (Å²) in [5, 5.41) is 12.0. The molecule has 82 valence electrons. The van der Waals surface area contributed by atoms with Gasteiger partial charge < -0.3 is 10.4 Å². The molecule has 0 aliphatic rings. The Morgan fingerprint density at radius 3 is 2.67 bits per heavy atom. The standard InChI is InChI=1S/C9H10BrNO3S/c1-2-5(9(13)14)8(12)11-7-4-3-6(10)15-7/h3-5H,2H2,1H3,(H,11,12)(H,13,14). The molecule has 6 heteroatoms. The molecule has 4 nitrogen and oxygen atoms in total. The molecule has 0 aromatic carbocycles. The minimum atomic E-state index is -1.09. The molecule has 15 heavy (non-hydrogen) atoms. The number of aliphatic carboxylic acids is 1. The molecule has 0 bridgehead atoms. The number of rotatable bonds is 4. The van der Waals surface area contributed by atoms with Gasteiger partial charge in [0.2, 0.25) is 5.91 Å². The highest BCUT2D eigenvalue weighted by Gasteiger charge is 2.24. The molecule has 0 spiro atoms. The highest BCUT2D eigenvalue weighted by Crippen LogP contribution is 2.26. The van der Waals surface area contributed by atoms with Crippen molar-refractivity contribution in [2.75, 3.05) is 5.32 Å². The molecule has 1 aromatic heterocycles. The van der Waals surface area contributed by atoms with Gasteiger partial charge in [0.05, 0.1) is 8.79 Å². The highest BCUT2D eigenvalue weighted by molar-refractivity contribution is 9.11. The largest absolute Gasteiger partial charge is 0.481 e. The zero-order valence-electron chi connectivity index (χ0n) is 7.99. The number of amides is 1. The van der Waals surface area contributed by atoms with Crippen LogP contribution in [0, 0.1) is 5.92 Å². The van der Waals surface area contributed by atoms with Gasteiger partial charge in [-0.25, -0.2) is 0 Å². The molecule has 0 aliphatic carbocycles. The lowest BCUT2D eigenvalue weighted by atomic mass is 10.1. The van der Waals surface area contributed by atoms with E-state index in [1.165, 1.54) is 11.3 Å². The van der Waals surface area contributed by atoms with Crippen LogP contribution in [0.1, 0.15) is 13.3 Å². The van der Waals surface area contributed by atoms with Crippen molar-refractivity contribution in [2.24, 2.45) is 5.92 Å². The van der Waals surface area contributed by atoms with E-state index in [0.29, 0.717) is 5.00 Å². The molecule has 0 radical (unpaired) electrons. The summed E-state index contributed by atoms with van der Waals surface area (Å²) in [5.74, 6) is -2.55. The third kappa shape index (κ3) is 3.32. The first kappa shape index (κ1) is 12.2. The zero-order valence-corrected chi connectivity index (χ0v) is 10.4. The maximum Gasteiger partial charge on any atom is 0.316 e. The number of halogens is 1. The molecule has 2 N–H and O–H groups in total. The Hall–Kier alpha value is -0.880. The van der Waals surface area contributed by atoms with Gasteiger partial charge in [-0.3, -0.25) is 9.59 Å². The summed E-state index contributed by atoms with van der Waals surface area (Å²) < 4.78 is 0.890. The minimum Gasteiger partial charge on any atom is -0.481 e. The van der Waals surface area contributed by atoms with Crippen LogP contribution in [0.5, 0.6) is 0 Å². The molecule has 1 aromatic rings. The summed E-state index contributed by atoms with van der Waals surface area (Å²) in [7, 11) is 0. The van der Waals surface area contributed by atoms with Crippen LogP contribution < -0.4 is 5.32 Å². The second kappa shape index (κ2) is 5.27. The number of carboxylic acid groups (broad SMARTS) is 1. The Morgan fingerprint density at radius 1 is 1.60 bits per heavy atom. The van der Waals surface area contributed by atoms with Gasteiger partial charge in [0, 0.05) is 0 Å². The van der Waals surface area contributed by atoms with E-state index in [4.69, 9.17) is 5.11 Å². The Morgan fingerprint density at radius 2 is 2.27 bits per heavy atom. The van der Waals surface area contributed by atoms with E-state index in [2.05, 4.69) is 21.2 Å². The average molecular weight is 292 g/mol. The fraction of sp³-hybridized carbons (Fsp3) is 0.333. The molecule has 1 amide bonds. The van der Waals surface area contributed by atoms with E-state index < -0.39 is 17.8 Å². The summed E-state index contributed by atoms with van der Waals surface area (Å²) >= 11 is 4.60. The lowest BCUT2D eigenvalue weighted by Crippen LogP contribution is -2.28. The van der Waals surface area contributed by atoms with Gasteiger partial charge in [-0.1, -0.05) is 6.92 Å². The second-order valence-corrected chi connectivity index (χ2v) is 5.36. The van der Waals surface area contributed by atoms with Crippen LogP contribution in [0.15, 0.2) is 15.9 Å². The molecule has 1 rings (SSSR count). The maximum absolute atomic E-state index is 11.5. The van der Waals surface area contributed by atoms with Crippen LogP contribution in [0.25, 0.3) is 0 Å². The van der Waals surface area contributed by atoms with Crippen molar-refractivity contribution >= 4 is 44.1 Å². The van der Waals surface area contributed by atoms with Crippen molar-refractivity contribution in [3.05, 3.63) is 15.9 Å². The van der Waals surface area contributed by atoms with Crippen molar-refractivity contribution < 1.29 is 14.7 Å². The third-order valence-electron chi connectivity index (χ3n) is 1.84. The lowest BCUT2D eigenvalue weighted by Gasteiger charge is -2.08. The molecule has 1 atom stereocenters. The average Bonchev–Trinajstić information content (AvgIpc) is 2.51. The number of hydrogen-bond donors (Lipinski definition) is 2. The lowest BCUT2D eigenvalue weighted by molar-refractivity contribution is -0.145. The Kier molecular flexibility index (Phi) is 4.28. The SMILES string of the molecule is CCC(C(=O)O)C(=O)Nc1ccc(Br)s1. The van der Waals surface area contributed by atoms with Crippen molar-refractivity contribution in [1.82, 2.24) is 0 Å². The number of carbonyl (C=O) groups is 2. The number of carbonyl (C=O) groups excluding carboxylic acids is 1. The third-order valence-corrected chi connectivity index (χ3v) is 3.38. The van der Waals surface area contributed by atoms with E-state index in [0.717, 1.165) is 3.79 Å². The van der Waals surface area contributed by atoms with Crippen LogP contribution in [0.2, 0.25) is 0 Å². The number of anilines is 1. The van der Waals surface area contributed by atoms with Crippen LogP contribution in [-0.4, -0.2) is 17.0 Å². The van der Waals surface area contributed by atoms with Crippen molar-refractivity contribution in [2.45, 2.75) is 13.3 Å². The quantitative estimate of drug-likeness (QED) is 0.838. The summed E-state index contributed by atoms with van der Waals surface area (Å²) in [6.45, 7) is 1.67. The van der Waals surface area contributed by atoms with Crippen LogP contribution in [0.4, 0.5) is 5.00 Å². The first-order chi connectivity index (χ1) is 7.04. The summed E-state index contributed by atoms with van der Waals surface area (Å²) in [5.41, 5.74) is 0. The fourth-order valence-corrected chi connectivity index (χ4v) is 2.35. The van der Waals surface area contributed by atoms with Crippen molar-refractivity contribution in [3.8, 4) is 0 Å². The van der Waals surface area contributed by atoms with E-state index >= 15 is 0 Å². The number of carboxylic acids is 1. The van der Waals surface area contributed by atoms with Crippen LogP contribution in [-0.2, 0) is 9.59 Å². The van der Waals surface area contributed by atoms with Gasteiger partial charge in [-0.2, -0.15) is 0 Å². The van der Waals surface area contributed by atoms with E-state index in [9.17, 15) is 9.59 Å². The van der Waals surface area contributed by atoms with Gasteiger partial charge in [-0.15, -0.1) is 11.3 Å². The molecule has 0 saturated carbocycles. The molecule has 0 aliphatic heterocycles. The summed E-state index contributed by atoms with van der Waals surface area (Å²) in [6, 6.07) is 3.52. The van der Waals surface area contributed by atoms with Crippen LogP contribution >= 0.6 is 27.3 Å². The fourth-order valence-electron chi connectivity index (χ4n) is 1.06. The minimum absolute atomic E-state index is 0.285. The second-order valence-electron chi connectivity index (χ2n) is 2.89. The monoisotopic (exact) mass is 291 g/mol. The van der Waals surface area contributed by atoms with Crippen LogP contribution in [0.3, 0.4) is 0 Å². The smallest absolute Gasteiger partial charge is 0.316 e. The predicted molar refractivity (Wildman–Crippen MR) is 62.1 cm³/mol. The molecular formula is C9H10BrNO3S. The predicted octanol–water partition coefficient (Wildman–Crippen LogP) is 2.56. The molecular weight excluding hydrogens is 282 g/mol. The van der Waals surface area contributed by atoms with Gasteiger partial charge in [0.25, 0.3) is 0 Å². The highest BCUT2D eigenvalue weighted by atomic mass is 79.9. The number of nitrogens with one attached hydrogen (secondary N) is 1. The summed E-state index contributed by atoms with van der Waals surface area (Å²) in [6.07, 6.45) is 0.285. The van der Waals surface area contributed by atoms with E-state index in [1.54, 1.807) is 19.1 Å². The van der Waals surface area contributed by atoms with Gasteiger partial charge in [0.1, 0.15) is 5.92 Å². The normalized spacial score (nSPS) is 12.1. The Bertz CT molecular complexity index is 377. The Balaban J connectivity index is 2.66. The molecule has 0 fully saturated rings. The molecule has 0 saturated heterocycles. The van der Waals surface area contributed by atoms with Crippen molar-refractivity contribution in [1.29, 1.82) is 0 Å². The van der Waals surface area contributed by atoms with E-state index in [-0.39, 0.29) is 6.42 Å². The Labute approximate surface area is 99.4 Å². The van der Waals surface area contributed by atoms with Gasteiger partial charge in [-0.05, 0) is 34.5 Å². The molecule has 1 heterocycles. The zero-order chi connectivity index (χ0) is 11.4. The van der Waals surface area contributed by atoms with Gasteiger partial charge >= 0.3 is 5.97 Å². The maximum atomic E-state index is 11.5. The first-order valence-electron chi connectivity index (χ1n) is 4.33.